The fraction of sp³-hybridized carbons (Fsp3) is 0.815. The minimum absolute atomic E-state index is 0.256. The molecule has 0 aromatic heterocycles. The van der Waals surface area contributed by atoms with E-state index in [-0.39, 0.29) is 13.0 Å². The molecule has 0 radical (unpaired) electrons. The topological polar surface area (TPSA) is 143 Å². The molecular formula is C27H51O9P. The van der Waals surface area contributed by atoms with Crippen molar-refractivity contribution < 1.29 is 43.4 Å². The van der Waals surface area contributed by atoms with Crippen molar-refractivity contribution in [2.45, 2.75) is 115 Å². The van der Waals surface area contributed by atoms with Gasteiger partial charge in [-0.2, -0.15) is 0 Å². The first-order valence-electron chi connectivity index (χ1n) is 13.8. The van der Waals surface area contributed by atoms with Crippen LogP contribution in [0.25, 0.3) is 0 Å². The lowest BCUT2D eigenvalue weighted by Gasteiger charge is -2.16. The van der Waals surface area contributed by atoms with E-state index in [0.29, 0.717) is 6.42 Å². The summed E-state index contributed by atoms with van der Waals surface area (Å²) in [5.41, 5.74) is 0. The lowest BCUT2D eigenvalue weighted by molar-refractivity contribution is -0.147. The Hall–Kier alpha value is -1.06. The third kappa shape index (κ3) is 26.3. The van der Waals surface area contributed by atoms with Crippen LogP contribution in [-0.4, -0.2) is 64.8 Å². The summed E-state index contributed by atoms with van der Waals surface area (Å²) in [6.07, 6.45) is 22.8. The van der Waals surface area contributed by atoms with Gasteiger partial charge < -0.3 is 24.9 Å². The van der Waals surface area contributed by atoms with E-state index in [1.807, 2.05) is 0 Å². The van der Waals surface area contributed by atoms with E-state index in [0.717, 1.165) is 32.1 Å². The Morgan fingerprint density at radius 3 is 1.84 bits per heavy atom. The van der Waals surface area contributed by atoms with Crippen molar-refractivity contribution in [1.29, 1.82) is 0 Å². The van der Waals surface area contributed by atoms with E-state index in [9.17, 15) is 19.4 Å². The number of esters is 1. The number of aliphatic hydroxyl groups is 3. The summed E-state index contributed by atoms with van der Waals surface area (Å²) in [7, 11) is -4.49. The molecule has 0 heterocycles. The summed E-state index contributed by atoms with van der Waals surface area (Å²) in [6, 6.07) is 0. The normalized spacial score (nSPS) is 15.3. The van der Waals surface area contributed by atoms with E-state index in [4.69, 9.17) is 14.9 Å². The molecule has 10 heteroatoms. The predicted octanol–water partition coefficient (Wildman–Crippen LogP) is 5.36. The van der Waals surface area contributed by atoms with E-state index < -0.39 is 45.8 Å². The van der Waals surface area contributed by atoms with Crippen LogP contribution in [0.4, 0.5) is 0 Å². The Labute approximate surface area is 223 Å². The highest BCUT2D eigenvalue weighted by Gasteiger charge is 2.24. The minimum Gasteiger partial charge on any atom is -0.463 e. The molecule has 3 atom stereocenters. The van der Waals surface area contributed by atoms with Crippen LogP contribution in [-0.2, 0) is 23.1 Å². The SMILES string of the molecule is CCCCCC/C=C\C/C=C\CCCCCCCCCC(=O)OCC(O)COP(=O)(O)OCC(O)CO. The third-order valence-electron chi connectivity index (χ3n) is 5.59. The van der Waals surface area contributed by atoms with Crippen molar-refractivity contribution >= 4 is 13.8 Å². The minimum atomic E-state index is -4.49. The summed E-state index contributed by atoms with van der Waals surface area (Å²) in [5.74, 6) is -0.438. The Balaban J connectivity index is 3.54. The molecule has 0 aliphatic rings. The first kappa shape index (κ1) is 35.9. The van der Waals surface area contributed by atoms with E-state index in [1.54, 1.807) is 0 Å². The van der Waals surface area contributed by atoms with Gasteiger partial charge in [0.05, 0.1) is 19.8 Å². The molecule has 0 saturated heterocycles. The number of hydrogen-bond donors (Lipinski definition) is 4. The average Bonchev–Trinajstić information content (AvgIpc) is 2.88. The van der Waals surface area contributed by atoms with Crippen LogP contribution >= 0.6 is 7.82 Å². The molecule has 0 saturated carbocycles. The van der Waals surface area contributed by atoms with Crippen molar-refractivity contribution in [1.82, 2.24) is 0 Å². The van der Waals surface area contributed by atoms with Crippen molar-refractivity contribution in [2.24, 2.45) is 0 Å². The van der Waals surface area contributed by atoms with Crippen LogP contribution in [0.5, 0.6) is 0 Å². The predicted molar refractivity (Wildman–Crippen MR) is 145 cm³/mol. The van der Waals surface area contributed by atoms with Gasteiger partial charge >= 0.3 is 13.8 Å². The van der Waals surface area contributed by atoms with Gasteiger partial charge in [-0.15, -0.1) is 0 Å². The molecule has 0 aromatic carbocycles. The molecule has 0 aromatic rings. The highest BCUT2D eigenvalue weighted by molar-refractivity contribution is 7.47. The number of phosphoric ester groups is 1. The average molecular weight is 551 g/mol. The number of phosphoric acid groups is 1. The maximum absolute atomic E-state index is 11.8. The number of hydrogen-bond acceptors (Lipinski definition) is 8. The van der Waals surface area contributed by atoms with Crippen molar-refractivity contribution in [3.63, 3.8) is 0 Å². The highest BCUT2D eigenvalue weighted by Crippen LogP contribution is 2.43. The monoisotopic (exact) mass is 550 g/mol. The summed E-state index contributed by atoms with van der Waals surface area (Å²) in [6.45, 7) is 0.0704. The first-order chi connectivity index (χ1) is 17.8. The largest absolute Gasteiger partial charge is 0.472 e. The molecule has 0 amide bonds. The van der Waals surface area contributed by atoms with Crippen LogP contribution in [0, 0.1) is 0 Å². The van der Waals surface area contributed by atoms with Gasteiger partial charge in [-0.05, 0) is 38.5 Å². The number of carbonyl (C=O) groups excluding carboxylic acids is 1. The second kappa shape index (κ2) is 25.2. The molecule has 4 N–H and O–H groups in total. The van der Waals surface area contributed by atoms with Gasteiger partial charge in [0.1, 0.15) is 18.8 Å². The number of ether oxygens (including phenoxy) is 1. The Morgan fingerprint density at radius 2 is 1.27 bits per heavy atom. The summed E-state index contributed by atoms with van der Waals surface area (Å²) >= 11 is 0. The molecule has 0 aliphatic heterocycles. The zero-order valence-electron chi connectivity index (χ0n) is 22.7. The smallest absolute Gasteiger partial charge is 0.463 e. The maximum atomic E-state index is 11.8. The van der Waals surface area contributed by atoms with Crippen LogP contribution in [0.3, 0.4) is 0 Å². The van der Waals surface area contributed by atoms with Gasteiger partial charge in [-0.25, -0.2) is 4.57 Å². The quantitative estimate of drug-likeness (QED) is 0.0484. The van der Waals surface area contributed by atoms with Gasteiger partial charge in [0.2, 0.25) is 0 Å². The van der Waals surface area contributed by atoms with Crippen LogP contribution in [0.1, 0.15) is 103 Å². The molecule has 0 aliphatic carbocycles. The van der Waals surface area contributed by atoms with Crippen molar-refractivity contribution in [2.75, 3.05) is 26.4 Å². The zero-order valence-corrected chi connectivity index (χ0v) is 23.6. The molecule has 0 fully saturated rings. The molecule has 0 spiro atoms. The van der Waals surface area contributed by atoms with Gasteiger partial charge in [0.25, 0.3) is 0 Å². The summed E-state index contributed by atoms with van der Waals surface area (Å²) in [4.78, 5) is 21.2. The second-order valence-electron chi connectivity index (χ2n) is 9.27. The van der Waals surface area contributed by atoms with Gasteiger partial charge in [-0.1, -0.05) is 82.6 Å². The second-order valence-corrected chi connectivity index (χ2v) is 10.7. The van der Waals surface area contributed by atoms with Gasteiger partial charge in [-0.3, -0.25) is 13.8 Å². The molecule has 0 rings (SSSR count). The van der Waals surface area contributed by atoms with Gasteiger partial charge in [0, 0.05) is 6.42 Å². The number of unbranched alkanes of at least 4 members (excludes halogenated alkanes) is 11. The zero-order chi connectivity index (χ0) is 27.6. The van der Waals surface area contributed by atoms with Crippen molar-refractivity contribution in [3.8, 4) is 0 Å². The molecule has 37 heavy (non-hydrogen) atoms. The first-order valence-corrected chi connectivity index (χ1v) is 15.3. The van der Waals surface area contributed by atoms with Crippen LogP contribution in [0.2, 0.25) is 0 Å². The van der Waals surface area contributed by atoms with Crippen LogP contribution in [0.15, 0.2) is 24.3 Å². The fourth-order valence-electron chi connectivity index (χ4n) is 3.37. The van der Waals surface area contributed by atoms with Crippen LogP contribution < -0.4 is 0 Å². The van der Waals surface area contributed by atoms with E-state index in [1.165, 1.54) is 51.4 Å². The number of carbonyl (C=O) groups is 1. The Morgan fingerprint density at radius 1 is 0.757 bits per heavy atom. The van der Waals surface area contributed by atoms with E-state index >= 15 is 0 Å². The van der Waals surface area contributed by atoms with Crippen molar-refractivity contribution in [3.05, 3.63) is 24.3 Å². The molecule has 0 bridgehead atoms. The third-order valence-corrected chi connectivity index (χ3v) is 6.54. The Kier molecular flexibility index (Phi) is 24.5. The summed E-state index contributed by atoms with van der Waals surface area (Å²) in [5, 5.41) is 27.5. The molecular weight excluding hydrogens is 499 g/mol. The standard InChI is InChI=1S/C27H51O9P/c1-2-3-4-5-6-7-8-9-10-11-12-13-14-15-16-17-18-19-20-27(31)34-22-26(30)24-36-37(32,33)35-23-25(29)21-28/h7-8,10-11,25-26,28-30H,2-6,9,12-24H2,1H3,(H,32,33)/b8-7-,11-10-. The number of allylic oxidation sites excluding steroid dienone is 4. The Bertz CT molecular complexity index is 639. The molecule has 218 valence electrons. The number of rotatable bonds is 26. The maximum Gasteiger partial charge on any atom is 0.472 e. The number of aliphatic hydroxyl groups excluding tert-OH is 3. The lowest BCUT2D eigenvalue weighted by atomic mass is 10.1. The lowest BCUT2D eigenvalue weighted by Crippen LogP contribution is -2.24. The fourth-order valence-corrected chi connectivity index (χ4v) is 4.17. The van der Waals surface area contributed by atoms with E-state index in [2.05, 4.69) is 40.3 Å². The summed E-state index contributed by atoms with van der Waals surface area (Å²) < 4.78 is 25.5. The highest BCUT2D eigenvalue weighted by atomic mass is 31.2. The molecule has 9 nitrogen and oxygen atoms in total. The van der Waals surface area contributed by atoms with Gasteiger partial charge in [0.15, 0.2) is 0 Å². The molecule has 3 unspecified atom stereocenters.